The van der Waals surface area contributed by atoms with E-state index in [4.69, 9.17) is 5.26 Å². The lowest BCUT2D eigenvalue weighted by Gasteiger charge is -2.07. The summed E-state index contributed by atoms with van der Waals surface area (Å²) in [7, 11) is 0. The fourth-order valence-electron chi connectivity index (χ4n) is 2.07. The highest BCUT2D eigenvalue weighted by molar-refractivity contribution is 5.81. The van der Waals surface area contributed by atoms with Gasteiger partial charge < -0.3 is 9.88 Å². The predicted molar refractivity (Wildman–Crippen MR) is 74.4 cm³/mol. The molecule has 0 saturated carbocycles. The van der Waals surface area contributed by atoms with Gasteiger partial charge in [0.2, 0.25) is 0 Å². The van der Waals surface area contributed by atoms with Gasteiger partial charge in [-0.25, -0.2) is 0 Å². The molecule has 0 atom stereocenters. The molecule has 0 bridgehead atoms. The summed E-state index contributed by atoms with van der Waals surface area (Å²) in [4.78, 5) is 0. The van der Waals surface area contributed by atoms with Crippen LogP contribution in [-0.2, 0) is 6.54 Å². The van der Waals surface area contributed by atoms with Crippen LogP contribution in [0.2, 0.25) is 0 Å². The van der Waals surface area contributed by atoms with Gasteiger partial charge in [0.25, 0.3) is 0 Å². The van der Waals surface area contributed by atoms with Crippen molar-refractivity contribution >= 4 is 10.9 Å². The van der Waals surface area contributed by atoms with Crippen molar-refractivity contribution in [3.63, 3.8) is 0 Å². The van der Waals surface area contributed by atoms with Crippen molar-refractivity contribution in [3.8, 4) is 6.07 Å². The number of fused-ring (bicyclic) bond motifs is 1. The Kier molecular flexibility index (Phi) is 4.38. The second-order valence-electron chi connectivity index (χ2n) is 4.50. The number of benzene rings is 1. The highest BCUT2D eigenvalue weighted by Gasteiger charge is 2.01. The van der Waals surface area contributed by atoms with Crippen molar-refractivity contribution in [1.82, 2.24) is 9.88 Å². The Balaban J connectivity index is 2.02. The number of unbranched alkanes of at least 4 members (excludes halogenated alkanes) is 1. The molecule has 0 aliphatic heterocycles. The molecule has 0 aliphatic carbocycles. The van der Waals surface area contributed by atoms with Gasteiger partial charge in [-0.15, -0.1) is 0 Å². The van der Waals surface area contributed by atoms with E-state index >= 15 is 0 Å². The minimum atomic E-state index is 0.724. The zero-order valence-corrected chi connectivity index (χ0v) is 10.8. The topological polar surface area (TPSA) is 40.8 Å². The molecular weight excluding hydrogens is 222 g/mol. The number of nitriles is 1. The minimum Gasteiger partial charge on any atom is -0.346 e. The third kappa shape index (κ3) is 2.91. The third-order valence-electron chi connectivity index (χ3n) is 3.14. The summed E-state index contributed by atoms with van der Waals surface area (Å²) >= 11 is 0. The average Bonchev–Trinajstić information content (AvgIpc) is 2.81. The number of nitrogens with one attached hydrogen (secondary N) is 1. The number of nitrogens with zero attached hydrogens (tertiary/aromatic N) is 2. The van der Waals surface area contributed by atoms with Gasteiger partial charge in [-0.05, 0) is 36.6 Å². The summed E-state index contributed by atoms with van der Waals surface area (Å²) in [6.07, 6.45) is 4.54. The second-order valence-corrected chi connectivity index (χ2v) is 4.50. The molecule has 1 heterocycles. The number of aromatic nitrogens is 1. The van der Waals surface area contributed by atoms with E-state index in [1.807, 2.05) is 18.2 Å². The van der Waals surface area contributed by atoms with Crippen LogP contribution in [0.3, 0.4) is 0 Å². The first-order valence-electron chi connectivity index (χ1n) is 6.55. The SMILES string of the molecule is CCCCNCCn1ccc2ccc(C#N)cc21. The molecule has 18 heavy (non-hydrogen) atoms. The van der Waals surface area contributed by atoms with E-state index in [0.717, 1.165) is 30.7 Å². The zero-order chi connectivity index (χ0) is 12.8. The summed E-state index contributed by atoms with van der Waals surface area (Å²) in [6, 6.07) is 10.1. The van der Waals surface area contributed by atoms with E-state index < -0.39 is 0 Å². The lowest BCUT2D eigenvalue weighted by molar-refractivity contribution is 0.588. The molecule has 0 spiro atoms. The molecule has 2 rings (SSSR count). The first-order chi connectivity index (χ1) is 8.85. The lowest BCUT2D eigenvalue weighted by atomic mass is 10.2. The van der Waals surface area contributed by atoms with Crippen molar-refractivity contribution < 1.29 is 0 Å². The van der Waals surface area contributed by atoms with E-state index in [2.05, 4.69) is 35.1 Å². The Labute approximate surface area is 108 Å². The second kappa shape index (κ2) is 6.23. The highest BCUT2D eigenvalue weighted by Crippen LogP contribution is 2.17. The van der Waals surface area contributed by atoms with Gasteiger partial charge in [0.05, 0.1) is 11.6 Å². The largest absolute Gasteiger partial charge is 0.346 e. The van der Waals surface area contributed by atoms with E-state index in [0.29, 0.717) is 0 Å². The van der Waals surface area contributed by atoms with E-state index in [1.54, 1.807) is 0 Å². The minimum absolute atomic E-state index is 0.724. The van der Waals surface area contributed by atoms with Crippen LogP contribution in [0.5, 0.6) is 0 Å². The standard InChI is InChI=1S/C15H19N3/c1-2-3-7-17-8-10-18-9-6-14-5-4-13(12-16)11-15(14)18/h4-6,9,11,17H,2-3,7-8,10H2,1H3. The third-order valence-corrected chi connectivity index (χ3v) is 3.14. The van der Waals surface area contributed by atoms with Crippen molar-refractivity contribution in [1.29, 1.82) is 5.26 Å². The Morgan fingerprint density at radius 1 is 1.28 bits per heavy atom. The van der Waals surface area contributed by atoms with Gasteiger partial charge in [-0.3, -0.25) is 0 Å². The van der Waals surface area contributed by atoms with Gasteiger partial charge in [0.1, 0.15) is 0 Å². The zero-order valence-electron chi connectivity index (χ0n) is 10.8. The van der Waals surface area contributed by atoms with Gasteiger partial charge in [-0.2, -0.15) is 5.26 Å². The summed E-state index contributed by atoms with van der Waals surface area (Å²) in [5.41, 5.74) is 1.87. The Bertz CT molecular complexity index is 548. The van der Waals surface area contributed by atoms with Crippen molar-refractivity contribution in [2.75, 3.05) is 13.1 Å². The van der Waals surface area contributed by atoms with Gasteiger partial charge in [-0.1, -0.05) is 19.4 Å². The van der Waals surface area contributed by atoms with Gasteiger partial charge >= 0.3 is 0 Å². The smallest absolute Gasteiger partial charge is 0.0992 e. The van der Waals surface area contributed by atoms with Gasteiger partial charge in [0.15, 0.2) is 0 Å². The number of rotatable bonds is 6. The average molecular weight is 241 g/mol. The number of hydrogen-bond acceptors (Lipinski definition) is 2. The van der Waals surface area contributed by atoms with E-state index in [9.17, 15) is 0 Å². The van der Waals surface area contributed by atoms with E-state index in [1.165, 1.54) is 18.2 Å². The van der Waals surface area contributed by atoms with Crippen LogP contribution in [0.4, 0.5) is 0 Å². The molecule has 3 nitrogen and oxygen atoms in total. The van der Waals surface area contributed by atoms with Crippen molar-refractivity contribution in [2.24, 2.45) is 0 Å². The molecular formula is C15H19N3. The predicted octanol–water partition coefficient (Wildman–Crippen LogP) is 2.90. The molecule has 1 N–H and O–H groups in total. The first kappa shape index (κ1) is 12.7. The maximum atomic E-state index is 8.93. The molecule has 3 heteroatoms. The molecule has 0 amide bonds. The van der Waals surface area contributed by atoms with Crippen molar-refractivity contribution in [2.45, 2.75) is 26.3 Å². The molecule has 1 aromatic carbocycles. The maximum Gasteiger partial charge on any atom is 0.0992 e. The quantitative estimate of drug-likeness (QED) is 0.790. The van der Waals surface area contributed by atoms with E-state index in [-0.39, 0.29) is 0 Å². The molecule has 0 saturated heterocycles. The molecule has 0 radical (unpaired) electrons. The normalized spacial score (nSPS) is 10.7. The highest BCUT2D eigenvalue weighted by atomic mass is 15.0. The molecule has 94 valence electrons. The number of hydrogen-bond donors (Lipinski definition) is 1. The van der Waals surface area contributed by atoms with Crippen LogP contribution in [0.1, 0.15) is 25.3 Å². The maximum absolute atomic E-state index is 8.93. The Morgan fingerprint density at radius 3 is 2.94 bits per heavy atom. The Morgan fingerprint density at radius 2 is 2.17 bits per heavy atom. The van der Waals surface area contributed by atoms with Crippen LogP contribution in [0, 0.1) is 11.3 Å². The fraction of sp³-hybridized carbons (Fsp3) is 0.400. The Hall–Kier alpha value is -1.79. The molecule has 0 aliphatic rings. The van der Waals surface area contributed by atoms with Crippen LogP contribution in [0.25, 0.3) is 10.9 Å². The van der Waals surface area contributed by atoms with Crippen LogP contribution in [0.15, 0.2) is 30.5 Å². The van der Waals surface area contributed by atoms with Crippen molar-refractivity contribution in [3.05, 3.63) is 36.0 Å². The summed E-state index contributed by atoms with van der Waals surface area (Å²) in [6.45, 7) is 5.20. The summed E-state index contributed by atoms with van der Waals surface area (Å²) in [5.74, 6) is 0. The summed E-state index contributed by atoms with van der Waals surface area (Å²) in [5, 5.41) is 13.6. The van der Waals surface area contributed by atoms with Crippen LogP contribution >= 0.6 is 0 Å². The molecule has 0 unspecified atom stereocenters. The van der Waals surface area contributed by atoms with Gasteiger partial charge in [0, 0.05) is 24.8 Å². The molecule has 1 aromatic heterocycles. The monoisotopic (exact) mass is 241 g/mol. The fourth-order valence-corrected chi connectivity index (χ4v) is 2.07. The molecule has 0 fully saturated rings. The molecule has 2 aromatic rings. The lowest BCUT2D eigenvalue weighted by Crippen LogP contribution is -2.20. The first-order valence-corrected chi connectivity index (χ1v) is 6.55. The summed E-state index contributed by atoms with van der Waals surface area (Å²) < 4.78 is 2.20. The van der Waals surface area contributed by atoms with Crippen LogP contribution < -0.4 is 5.32 Å². The van der Waals surface area contributed by atoms with Crippen LogP contribution in [-0.4, -0.2) is 17.7 Å².